The smallest absolute Gasteiger partial charge is 0.335 e. The van der Waals surface area contributed by atoms with Gasteiger partial charge >= 0.3 is 5.97 Å². The molecule has 0 saturated carbocycles. The molecule has 1 N–H and O–H groups in total. The Morgan fingerprint density at radius 3 is 2.71 bits per heavy atom. The number of nitro benzene ring substituents is 1. The number of halogens is 1. The van der Waals surface area contributed by atoms with Crippen molar-refractivity contribution >= 4 is 23.3 Å². The fourth-order valence-corrected chi connectivity index (χ4v) is 1.88. The zero-order valence-electron chi connectivity index (χ0n) is 10.7. The number of rotatable bonds is 5. The third-order valence-electron chi connectivity index (χ3n) is 2.72. The molecule has 0 radical (unpaired) electrons. The average Bonchev–Trinajstić information content (AvgIpc) is 2.46. The van der Waals surface area contributed by atoms with Crippen molar-refractivity contribution in [1.82, 2.24) is 0 Å². The van der Waals surface area contributed by atoms with Crippen LogP contribution in [0.1, 0.15) is 15.9 Å². The molecule has 0 aliphatic rings. The molecule has 0 aliphatic carbocycles. The molecule has 2 aromatic rings. The Morgan fingerprint density at radius 2 is 2.05 bits per heavy atom. The van der Waals surface area contributed by atoms with Crippen molar-refractivity contribution in [3.05, 3.63) is 68.7 Å². The van der Waals surface area contributed by atoms with E-state index in [4.69, 9.17) is 21.4 Å². The molecular weight excluding hydrogens is 298 g/mol. The number of ether oxygens (including phenoxy) is 1. The number of hydrogen-bond donors (Lipinski definition) is 1. The molecule has 0 saturated heterocycles. The lowest BCUT2D eigenvalue weighted by molar-refractivity contribution is -0.385. The van der Waals surface area contributed by atoms with E-state index < -0.39 is 10.9 Å². The summed E-state index contributed by atoms with van der Waals surface area (Å²) in [4.78, 5) is 21.2. The van der Waals surface area contributed by atoms with E-state index in [-0.39, 0.29) is 22.9 Å². The Balaban J connectivity index is 2.18. The van der Waals surface area contributed by atoms with Crippen LogP contribution in [-0.4, -0.2) is 16.0 Å². The molecule has 2 rings (SSSR count). The summed E-state index contributed by atoms with van der Waals surface area (Å²) in [6, 6.07) is 10.2. The van der Waals surface area contributed by atoms with Gasteiger partial charge in [-0.3, -0.25) is 10.1 Å². The number of aromatic carboxylic acids is 1. The van der Waals surface area contributed by atoms with Gasteiger partial charge in [-0.25, -0.2) is 4.79 Å². The molecule has 0 aliphatic heterocycles. The first-order chi connectivity index (χ1) is 9.97. The van der Waals surface area contributed by atoms with Crippen LogP contribution in [0.2, 0.25) is 5.02 Å². The predicted molar refractivity (Wildman–Crippen MR) is 75.8 cm³/mol. The van der Waals surface area contributed by atoms with Gasteiger partial charge in [0.05, 0.1) is 16.1 Å². The standard InChI is InChI=1S/C14H10ClNO5/c15-11-5-4-10(13(7-11)16(19)20)8-21-12-3-1-2-9(6-12)14(17)18/h1-7H,8H2,(H,17,18). The Kier molecular flexibility index (Phi) is 4.39. The van der Waals surface area contributed by atoms with Gasteiger partial charge in [-0.2, -0.15) is 0 Å². The summed E-state index contributed by atoms with van der Waals surface area (Å²) in [7, 11) is 0. The maximum Gasteiger partial charge on any atom is 0.335 e. The van der Waals surface area contributed by atoms with Gasteiger partial charge in [0.25, 0.3) is 5.69 Å². The van der Waals surface area contributed by atoms with Gasteiger partial charge in [-0.05, 0) is 30.3 Å². The predicted octanol–water partition coefficient (Wildman–Crippen LogP) is 3.53. The Labute approximate surface area is 124 Å². The molecule has 2 aromatic carbocycles. The van der Waals surface area contributed by atoms with Crippen molar-refractivity contribution in [3.63, 3.8) is 0 Å². The molecule has 21 heavy (non-hydrogen) atoms. The first-order valence-corrected chi connectivity index (χ1v) is 6.24. The number of benzene rings is 2. The number of carbonyl (C=O) groups is 1. The lowest BCUT2D eigenvalue weighted by Crippen LogP contribution is -2.02. The summed E-state index contributed by atoms with van der Waals surface area (Å²) < 4.78 is 5.40. The van der Waals surface area contributed by atoms with Gasteiger partial charge in [0.2, 0.25) is 0 Å². The minimum absolute atomic E-state index is 0.0590. The second kappa shape index (κ2) is 6.23. The van der Waals surface area contributed by atoms with Gasteiger partial charge in [-0.15, -0.1) is 0 Å². The van der Waals surface area contributed by atoms with Gasteiger partial charge in [0, 0.05) is 11.1 Å². The SMILES string of the molecule is O=C(O)c1cccc(OCc2ccc(Cl)cc2[N+](=O)[O-])c1. The summed E-state index contributed by atoms with van der Waals surface area (Å²) in [6.07, 6.45) is 0. The maximum atomic E-state index is 10.9. The minimum Gasteiger partial charge on any atom is -0.489 e. The fourth-order valence-electron chi connectivity index (χ4n) is 1.71. The number of hydrogen-bond acceptors (Lipinski definition) is 4. The summed E-state index contributed by atoms with van der Waals surface area (Å²) in [5, 5.41) is 20.1. The molecule has 0 heterocycles. The van der Waals surface area contributed by atoms with Crippen LogP contribution in [0, 0.1) is 10.1 Å². The van der Waals surface area contributed by atoms with Crippen molar-refractivity contribution < 1.29 is 19.6 Å². The molecule has 0 unspecified atom stereocenters. The topological polar surface area (TPSA) is 89.7 Å². The molecule has 0 fully saturated rings. The van der Waals surface area contributed by atoms with Crippen LogP contribution >= 0.6 is 11.6 Å². The van der Waals surface area contributed by atoms with E-state index in [1.54, 1.807) is 6.07 Å². The third kappa shape index (κ3) is 3.70. The Bertz CT molecular complexity index is 702. The largest absolute Gasteiger partial charge is 0.489 e. The highest BCUT2D eigenvalue weighted by Crippen LogP contribution is 2.25. The lowest BCUT2D eigenvalue weighted by atomic mass is 10.2. The number of carboxylic acids is 1. The lowest BCUT2D eigenvalue weighted by Gasteiger charge is -2.07. The van der Waals surface area contributed by atoms with E-state index in [0.717, 1.165) is 0 Å². The van der Waals surface area contributed by atoms with E-state index >= 15 is 0 Å². The molecule has 0 aromatic heterocycles. The second-order valence-corrected chi connectivity index (χ2v) is 4.59. The van der Waals surface area contributed by atoms with Crippen LogP contribution < -0.4 is 4.74 Å². The third-order valence-corrected chi connectivity index (χ3v) is 2.95. The van der Waals surface area contributed by atoms with Crippen LogP contribution in [0.15, 0.2) is 42.5 Å². The summed E-state index contributed by atoms with van der Waals surface area (Å²) in [5.74, 6) is -0.753. The molecule has 0 atom stereocenters. The highest BCUT2D eigenvalue weighted by atomic mass is 35.5. The number of nitro groups is 1. The summed E-state index contributed by atoms with van der Waals surface area (Å²) in [5.41, 5.74) is 0.292. The van der Waals surface area contributed by atoms with E-state index in [9.17, 15) is 14.9 Å². The van der Waals surface area contributed by atoms with Crippen molar-refractivity contribution in [2.75, 3.05) is 0 Å². The molecule has 0 bridgehead atoms. The van der Waals surface area contributed by atoms with Gasteiger partial charge in [-0.1, -0.05) is 17.7 Å². The number of carboxylic acid groups (broad SMARTS) is 1. The van der Waals surface area contributed by atoms with E-state index in [1.165, 1.54) is 36.4 Å². The fraction of sp³-hybridized carbons (Fsp3) is 0.0714. The van der Waals surface area contributed by atoms with Crippen LogP contribution in [0.5, 0.6) is 5.75 Å². The molecule has 108 valence electrons. The van der Waals surface area contributed by atoms with Crippen LogP contribution in [0.4, 0.5) is 5.69 Å². The van der Waals surface area contributed by atoms with E-state index in [2.05, 4.69) is 0 Å². The van der Waals surface area contributed by atoms with E-state index in [0.29, 0.717) is 11.3 Å². The highest BCUT2D eigenvalue weighted by Gasteiger charge is 2.15. The quantitative estimate of drug-likeness (QED) is 0.674. The molecule has 7 heteroatoms. The Hall–Kier alpha value is -2.60. The van der Waals surface area contributed by atoms with Crippen molar-refractivity contribution in [2.24, 2.45) is 0 Å². The van der Waals surface area contributed by atoms with Crippen molar-refractivity contribution in [1.29, 1.82) is 0 Å². The van der Waals surface area contributed by atoms with E-state index in [1.807, 2.05) is 0 Å². The maximum absolute atomic E-state index is 10.9. The molecule has 0 amide bonds. The molecule has 6 nitrogen and oxygen atoms in total. The Morgan fingerprint density at radius 1 is 1.29 bits per heavy atom. The summed E-state index contributed by atoms with van der Waals surface area (Å²) in [6.45, 7) is -0.0590. The average molecular weight is 308 g/mol. The van der Waals surface area contributed by atoms with Crippen LogP contribution in [-0.2, 0) is 6.61 Å². The first kappa shape index (κ1) is 14.8. The zero-order valence-corrected chi connectivity index (χ0v) is 11.4. The first-order valence-electron chi connectivity index (χ1n) is 5.86. The second-order valence-electron chi connectivity index (χ2n) is 4.15. The van der Waals surface area contributed by atoms with Crippen molar-refractivity contribution in [3.8, 4) is 5.75 Å². The molecular formula is C14H10ClNO5. The zero-order chi connectivity index (χ0) is 15.4. The van der Waals surface area contributed by atoms with Crippen molar-refractivity contribution in [2.45, 2.75) is 6.61 Å². The van der Waals surface area contributed by atoms with Gasteiger partial charge in [0.15, 0.2) is 0 Å². The monoisotopic (exact) mass is 307 g/mol. The van der Waals surface area contributed by atoms with Gasteiger partial charge in [0.1, 0.15) is 12.4 Å². The number of nitrogens with zero attached hydrogens (tertiary/aromatic N) is 1. The van der Waals surface area contributed by atoms with Crippen LogP contribution in [0.3, 0.4) is 0 Å². The normalized spacial score (nSPS) is 10.1. The minimum atomic E-state index is -1.07. The van der Waals surface area contributed by atoms with Crippen LogP contribution in [0.25, 0.3) is 0 Å². The highest BCUT2D eigenvalue weighted by molar-refractivity contribution is 6.30. The van der Waals surface area contributed by atoms with Gasteiger partial charge < -0.3 is 9.84 Å². The molecule has 0 spiro atoms. The summed E-state index contributed by atoms with van der Waals surface area (Å²) >= 11 is 5.72.